The standard InChI is InChI=1S/C15H23N3O/c1-11(2)9-15(3)10-17-14(16)18(15)12-7-5-6-8-13(12)19-4/h5-8,11H,9-10H2,1-4H3,(H2,16,17). The summed E-state index contributed by atoms with van der Waals surface area (Å²) in [5, 5.41) is 0. The van der Waals surface area contributed by atoms with Crippen molar-refractivity contribution in [3.05, 3.63) is 24.3 Å². The number of rotatable bonds is 4. The first-order valence-electron chi connectivity index (χ1n) is 6.71. The van der Waals surface area contributed by atoms with Crippen LogP contribution in [0.3, 0.4) is 0 Å². The van der Waals surface area contributed by atoms with Gasteiger partial charge >= 0.3 is 0 Å². The molecule has 0 bridgehead atoms. The Bertz CT molecular complexity index is 484. The lowest BCUT2D eigenvalue weighted by molar-refractivity contribution is 0.382. The van der Waals surface area contributed by atoms with E-state index < -0.39 is 0 Å². The van der Waals surface area contributed by atoms with Gasteiger partial charge in [0.2, 0.25) is 0 Å². The van der Waals surface area contributed by atoms with Crippen LogP contribution < -0.4 is 15.4 Å². The molecule has 2 rings (SSSR count). The lowest BCUT2D eigenvalue weighted by Gasteiger charge is -2.38. The summed E-state index contributed by atoms with van der Waals surface area (Å²) in [4.78, 5) is 6.56. The average molecular weight is 261 g/mol. The van der Waals surface area contributed by atoms with Gasteiger partial charge in [-0.1, -0.05) is 26.0 Å². The van der Waals surface area contributed by atoms with Crippen LogP contribution in [0.5, 0.6) is 5.75 Å². The molecular weight excluding hydrogens is 238 g/mol. The van der Waals surface area contributed by atoms with E-state index in [0.717, 1.165) is 24.4 Å². The molecule has 4 heteroatoms. The van der Waals surface area contributed by atoms with Crippen LogP contribution in [-0.4, -0.2) is 25.2 Å². The van der Waals surface area contributed by atoms with Crippen LogP contribution in [0.15, 0.2) is 29.3 Å². The molecule has 0 radical (unpaired) electrons. The Kier molecular flexibility index (Phi) is 3.69. The van der Waals surface area contributed by atoms with Gasteiger partial charge in [-0.3, -0.25) is 4.99 Å². The number of aliphatic imine (C=N–C) groups is 1. The molecule has 0 spiro atoms. The minimum Gasteiger partial charge on any atom is -0.495 e. The molecule has 0 aromatic heterocycles. The predicted molar refractivity (Wildman–Crippen MR) is 79.8 cm³/mol. The number of nitrogens with zero attached hydrogens (tertiary/aromatic N) is 2. The first-order valence-corrected chi connectivity index (χ1v) is 6.71. The lowest BCUT2D eigenvalue weighted by atomic mass is 9.89. The van der Waals surface area contributed by atoms with Crippen LogP contribution >= 0.6 is 0 Å². The molecule has 104 valence electrons. The number of benzene rings is 1. The maximum absolute atomic E-state index is 6.11. The van der Waals surface area contributed by atoms with E-state index in [1.54, 1.807) is 7.11 Å². The second kappa shape index (κ2) is 5.11. The van der Waals surface area contributed by atoms with Crippen molar-refractivity contribution in [2.45, 2.75) is 32.7 Å². The largest absolute Gasteiger partial charge is 0.495 e. The normalized spacial score (nSPS) is 22.8. The van der Waals surface area contributed by atoms with E-state index >= 15 is 0 Å². The summed E-state index contributed by atoms with van der Waals surface area (Å²) in [5.41, 5.74) is 7.02. The van der Waals surface area contributed by atoms with Crippen LogP contribution in [0.4, 0.5) is 5.69 Å². The lowest BCUT2D eigenvalue weighted by Crippen LogP contribution is -2.50. The van der Waals surface area contributed by atoms with Crippen molar-refractivity contribution in [3.63, 3.8) is 0 Å². The van der Waals surface area contributed by atoms with Gasteiger partial charge in [-0.15, -0.1) is 0 Å². The minimum absolute atomic E-state index is 0.0765. The molecule has 1 aliphatic heterocycles. The summed E-state index contributed by atoms with van der Waals surface area (Å²) in [6, 6.07) is 7.95. The van der Waals surface area contributed by atoms with Crippen molar-refractivity contribution in [1.29, 1.82) is 0 Å². The maximum atomic E-state index is 6.11. The number of ether oxygens (including phenoxy) is 1. The van der Waals surface area contributed by atoms with E-state index in [0.29, 0.717) is 11.9 Å². The first-order chi connectivity index (χ1) is 8.98. The van der Waals surface area contributed by atoms with Crippen molar-refractivity contribution >= 4 is 11.6 Å². The molecule has 1 aromatic rings. The minimum atomic E-state index is -0.0765. The van der Waals surface area contributed by atoms with Crippen LogP contribution in [0.2, 0.25) is 0 Å². The number of anilines is 1. The zero-order chi connectivity index (χ0) is 14.0. The van der Waals surface area contributed by atoms with Gasteiger partial charge < -0.3 is 15.4 Å². The van der Waals surface area contributed by atoms with Gasteiger partial charge in [-0.05, 0) is 31.4 Å². The monoisotopic (exact) mass is 261 g/mol. The molecule has 0 saturated carbocycles. The average Bonchev–Trinajstić information content (AvgIpc) is 2.64. The van der Waals surface area contributed by atoms with E-state index in [-0.39, 0.29) is 5.54 Å². The number of guanidine groups is 1. The Labute approximate surface area is 115 Å². The SMILES string of the molecule is COc1ccccc1N1C(N)=NCC1(C)CC(C)C. The number of nitrogens with two attached hydrogens (primary N) is 1. The number of hydrogen-bond donors (Lipinski definition) is 1. The van der Waals surface area contributed by atoms with Crippen molar-refractivity contribution < 1.29 is 4.74 Å². The molecule has 1 heterocycles. The number of hydrogen-bond acceptors (Lipinski definition) is 4. The summed E-state index contributed by atoms with van der Waals surface area (Å²) < 4.78 is 5.45. The van der Waals surface area contributed by atoms with Crippen LogP contribution in [-0.2, 0) is 0 Å². The molecule has 1 atom stereocenters. The number of para-hydroxylation sites is 2. The van der Waals surface area contributed by atoms with Gasteiger partial charge in [0.25, 0.3) is 0 Å². The fourth-order valence-electron chi connectivity index (χ4n) is 2.93. The molecular formula is C15H23N3O. The van der Waals surface area contributed by atoms with Crippen LogP contribution in [0.25, 0.3) is 0 Å². The molecule has 2 N–H and O–H groups in total. The molecule has 0 saturated heterocycles. The Morgan fingerprint density at radius 3 is 2.74 bits per heavy atom. The van der Waals surface area contributed by atoms with Crippen molar-refractivity contribution in [1.82, 2.24) is 0 Å². The maximum Gasteiger partial charge on any atom is 0.196 e. The van der Waals surface area contributed by atoms with Crippen LogP contribution in [0, 0.1) is 5.92 Å². The Balaban J connectivity index is 2.42. The summed E-state index contributed by atoms with van der Waals surface area (Å²) in [6.45, 7) is 7.39. The van der Waals surface area contributed by atoms with Gasteiger partial charge in [-0.2, -0.15) is 0 Å². The van der Waals surface area contributed by atoms with Gasteiger partial charge in [0.15, 0.2) is 5.96 Å². The molecule has 0 amide bonds. The zero-order valence-electron chi connectivity index (χ0n) is 12.2. The molecule has 0 aliphatic carbocycles. The van der Waals surface area contributed by atoms with E-state index in [1.165, 1.54) is 0 Å². The first kappa shape index (κ1) is 13.7. The molecule has 0 fully saturated rings. The highest BCUT2D eigenvalue weighted by atomic mass is 16.5. The highest BCUT2D eigenvalue weighted by Crippen LogP contribution is 2.38. The zero-order valence-corrected chi connectivity index (χ0v) is 12.2. The Morgan fingerprint density at radius 1 is 1.42 bits per heavy atom. The molecule has 1 aromatic carbocycles. The quantitative estimate of drug-likeness (QED) is 0.906. The molecule has 4 nitrogen and oxygen atoms in total. The summed E-state index contributed by atoms with van der Waals surface area (Å²) in [6.07, 6.45) is 1.04. The second-order valence-corrected chi connectivity index (χ2v) is 5.78. The third-order valence-corrected chi connectivity index (χ3v) is 3.52. The summed E-state index contributed by atoms with van der Waals surface area (Å²) in [7, 11) is 1.68. The van der Waals surface area contributed by atoms with Crippen molar-refractivity contribution in [2.75, 3.05) is 18.6 Å². The fraction of sp³-hybridized carbons (Fsp3) is 0.533. The van der Waals surface area contributed by atoms with Gasteiger partial charge in [0, 0.05) is 0 Å². The van der Waals surface area contributed by atoms with E-state index in [1.807, 2.05) is 24.3 Å². The van der Waals surface area contributed by atoms with Crippen LogP contribution in [0.1, 0.15) is 27.2 Å². The van der Waals surface area contributed by atoms with E-state index in [9.17, 15) is 0 Å². The summed E-state index contributed by atoms with van der Waals surface area (Å²) >= 11 is 0. The van der Waals surface area contributed by atoms with E-state index in [2.05, 4.69) is 30.7 Å². The fourth-order valence-corrected chi connectivity index (χ4v) is 2.93. The van der Waals surface area contributed by atoms with Gasteiger partial charge in [0.1, 0.15) is 5.75 Å². The highest BCUT2D eigenvalue weighted by molar-refractivity contribution is 5.99. The van der Waals surface area contributed by atoms with Crippen molar-refractivity contribution in [2.24, 2.45) is 16.6 Å². The van der Waals surface area contributed by atoms with Crippen molar-refractivity contribution in [3.8, 4) is 5.75 Å². The van der Waals surface area contributed by atoms with E-state index in [4.69, 9.17) is 10.5 Å². The Hall–Kier alpha value is -1.71. The van der Waals surface area contributed by atoms with Gasteiger partial charge in [0.05, 0.1) is 24.9 Å². The second-order valence-electron chi connectivity index (χ2n) is 5.78. The molecule has 1 aliphatic rings. The summed E-state index contributed by atoms with van der Waals surface area (Å²) in [5.74, 6) is 1.99. The third kappa shape index (κ3) is 2.53. The Morgan fingerprint density at radius 2 is 2.11 bits per heavy atom. The van der Waals surface area contributed by atoms with Gasteiger partial charge in [-0.25, -0.2) is 0 Å². The predicted octanol–water partition coefficient (Wildman–Crippen LogP) is 2.63. The molecule has 19 heavy (non-hydrogen) atoms. The smallest absolute Gasteiger partial charge is 0.196 e. The number of methoxy groups -OCH3 is 1. The topological polar surface area (TPSA) is 50.9 Å². The third-order valence-electron chi connectivity index (χ3n) is 3.52. The molecule has 1 unspecified atom stereocenters. The highest BCUT2D eigenvalue weighted by Gasteiger charge is 2.40.